The molecule has 2 aromatic heterocycles. The number of amides is 1. The number of rotatable bonds is 8. The molecule has 1 N–H and O–H groups in total. The SMILES string of the molecule is CCc1nc2ccc(N3C(=S)N(c4ccc(C#N)c(C(F)(F)CC)c4)C(=O)C3(C)C)cn2c(=O)c1OCCO. The van der Waals surface area contributed by atoms with Gasteiger partial charge in [-0.15, -0.1) is 0 Å². The van der Waals surface area contributed by atoms with Crippen LogP contribution in [0.15, 0.2) is 41.3 Å². The van der Waals surface area contributed by atoms with Gasteiger partial charge in [0.15, 0.2) is 5.11 Å². The van der Waals surface area contributed by atoms with Crippen LogP contribution in [0.1, 0.15) is 50.9 Å². The average molecular weight is 556 g/mol. The molecule has 1 amide bonds. The molecule has 12 heteroatoms. The van der Waals surface area contributed by atoms with Gasteiger partial charge in [-0.2, -0.15) is 5.26 Å². The summed E-state index contributed by atoms with van der Waals surface area (Å²) in [6, 6.07) is 8.84. The van der Waals surface area contributed by atoms with E-state index in [4.69, 9.17) is 22.1 Å². The van der Waals surface area contributed by atoms with Gasteiger partial charge in [0.05, 0.1) is 35.3 Å². The summed E-state index contributed by atoms with van der Waals surface area (Å²) in [5.41, 5.74) is -1.12. The lowest BCUT2D eigenvalue weighted by Gasteiger charge is -2.29. The molecule has 39 heavy (non-hydrogen) atoms. The Labute approximate surface area is 228 Å². The zero-order valence-corrected chi connectivity index (χ0v) is 22.7. The van der Waals surface area contributed by atoms with Gasteiger partial charge in [-0.05, 0) is 62.8 Å². The third-order valence-corrected chi connectivity index (χ3v) is 7.02. The Morgan fingerprint density at radius 3 is 2.49 bits per heavy atom. The third kappa shape index (κ3) is 4.62. The lowest BCUT2D eigenvalue weighted by molar-refractivity contribution is -0.120. The minimum absolute atomic E-state index is 0.0164. The maximum atomic E-state index is 14.7. The van der Waals surface area contributed by atoms with Crippen molar-refractivity contribution in [1.29, 1.82) is 5.26 Å². The number of pyridine rings is 1. The Bertz CT molecular complexity index is 1580. The lowest BCUT2D eigenvalue weighted by Crippen LogP contribution is -2.44. The fraction of sp³-hybridized carbons (Fsp3) is 0.370. The fourth-order valence-electron chi connectivity index (χ4n) is 4.54. The van der Waals surface area contributed by atoms with E-state index >= 15 is 0 Å². The Kier molecular flexibility index (Phi) is 7.42. The number of halogens is 2. The molecule has 204 valence electrons. The van der Waals surface area contributed by atoms with Crippen molar-refractivity contribution in [2.75, 3.05) is 23.0 Å². The molecular formula is C27H27F2N5O4S. The molecule has 0 unspecified atom stereocenters. The number of hydrogen-bond acceptors (Lipinski definition) is 7. The fourth-order valence-corrected chi connectivity index (χ4v) is 5.06. The van der Waals surface area contributed by atoms with Crippen LogP contribution in [0.4, 0.5) is 20.2 Å². The molecular weight excluding hydrogens is 528 g/mol. The number of ether oxygens (including phenoxy) is 1. The van der Waals surface area contributed by atoms with Crippen molar-refractivity contribution in [3.63, 3.8) is 0 Å². The van der Waals surface area contributed by atoms with Crippen molar-refractivity contribution in [2.24, 2.45) is 0 Å². The molecule has 3 heterocycles. The number of nitriles is 1. The molecule has 1 saturated heterocycles. The van der Waals surface area contributed by atoms with Crippen molar-refractivity contribution in [2.45, 2.75) is 52.0 Å². The number of aromatic nitrogens is 2. The highest BCUT2D eigenvalue weighted by molar-refractivity contribution is 7.81. The normalized spacial score (nSPS) is 15.2. The summed E-state index contributed by atoms with van der Waals surface area (Å²) in [6.07, 6.45) is 1.39. The zero-order chi connectivity index (χ0) is 28.7. The third-order valence-electron chi connectivity index (χ3n) is 6.65. The Morgan fingerprint density at radius 2 is 1.87 bits per heavy atom. The van der Waals surface area contributed by atoms with Crippen LogP contribution in [0.3, 0.4) is 0 Å². The van der Waals surface area contributed by atoms with Crippen molar-refractivity contribution >= 4 is 40.3 Å². The quantitative estimate of drug-likeness (QED) is 0.417. The van der Waals surface area contributed by atoms with Crippen LogP contribution in [-0.4, -0.2) is 44.3 Å². The molecule has 0 bridgehead atoms. The molecule has 0 radical (unpaired) electrons. The summed E-state index contributed by atoms with van der Waals surface area (Å²) in [7, 11) is 0. The van der Waals surface area contributed by atoms with Gasteiger partial charge in [0.25, 0.3) is 11.8 Å². The number of aryl methyl sites for hydroxylation is 1. The topological polar surface area (TPSA) is 111 Å². The molecule has 0 spiro atoms. The number of carbonyl (C=O) groups excluding carboxylic acids is 1. The van der Waals surface area contributed by atoms with Gasteiger partial charge in [-0.1, -0.05) is 13.8 Å². The first-order valence-electron chi connectivity index (χ1n) is 12.3. The van der Waals surface area contributed by atoms with Gasteiger partial charge < -0.3 is 14.7 Å². The maximum absolute atomic E-state index is 14.7. The molecule has 0 saturated carbocycles. The molecule has 1 aliphatic rings. The predicted molar refractivity (Wildman–Crippen MR) is 145 cm³/mol. The molecule has 1 aliphatic heterocycles. The van der Waals surface area contributed by atoms with Gasteiger partial charge in [-0.3, -0.25) is 18.9 Å². The van der Waals surface area contributed by atoms with Crippen molar-refractivity contribution in [3.05, 3.63) is 63.7 Å². The second kappa shape index (κ2) is 10.3. The van der Waals surface area contributed by atoms with E-state index in [0.717, 1.165) is 11.0 Å². The lowest BCUT2D eigenvalue weighted by atomic mass is 9.99. The second-order valence-electron chi connectivity index (χ2n) is 9.45. The molecule has 0 aliphatic carbocycles. The highest BCUT2D eigenvalue weighted by Gasteiger charge is 2.50. The number of nitrogens with zero attached hydrogens (tertiary/aromatic N) is 5. The summed E-state index contributed by atoms with van der Waals surface area (Å²) in [5, 5.41) is 18.5. The first-order chi connectivity index (χ1) is 18.4. The minimum Gasteiger partial charge on any atom is -0.484 e. The molecule has 0 atom stereocenters. The summed E-state index contributed by atoms with van der Waals surface area (Å²) in [4.78, 5) is 34.1. The summed E-state index contributed by atoms with van der Waals surface area (Å²) >= 11 is 5.68. The number of thiocarbonyl (C=S) groups is 1. The van der Waals surface area contributed by atoms with E-state index in [1.54, 1.807) is 32.0 Å². The molecule has 1 aromatic carbocycles. The number of aliphatic hydroxyl groups is 1. The minimum atomic E-state index is -3.28. The Morgan fingerprint density at radius 1 is 1.18 bits per heavy atom. The first kappa shape index (κ1) is 28.1. The van der Waals surface area contributed by atoms with Gasteiger partial charge in [0.1, 0.15) is 17.8 Å². The number of carbonyl (C=O) groups is 1. The van der Waals surface area contributed by atoms with E-state index in [1.807, 2.05) is 6.92 Å². The van der Waals surface area contributed by atoms with Gasteiger partial charge >= 0.3 is 5.56 Å². The summed E-state index contributed by atoms with van der Waals surface area (Å²) in [6.45, 7) is 6.05. The average Bonchev–Trinajstić information content (AvgIpc) is 3.10. The zero-order valence-electron chi connectivity index (χ0n) is 21.9. The standard InChI is InChI=1S/C27H27F2N5O4S/c1-5-20-22(38-12-11-35)23(36)32-15-18(9-10-21(32)31-20)34-25(39)33(24(37)26(34,3)4)17-8-7-16(14-30)19(13-17)27(28,29)6-2/h7-10,13,15,35H,5-6,11-12H2,1-4H3. The van der Waals surface area contributed by atoms with Crippen molar-refractivity contribution in [3.8, 4) is 11.8 Å². The van der Waals surface area contributed by atoms with E-state index in [9.17, 15) is 23.6 Å². The van der Waals surface area contributed by atoms with Gasteiger partial charge in [-0.25, -0.2) is 13.8 Å². The van der Waals surface area contributed by atoms with Crippen LogP contribution >= 0.6 is 12.2 Å². The molecule has 3 aromatic rings. The van der Waals surface area contributed by atoms with Gasteiger partial charge in [0, 0.05) is 18.2 Å². The highest BCUT2D eigenvalue weighted by Crippen LogP contribution is 2.40. The molecule has 9 nitrogen and oxygen atoms in total. The maximum Gasteiger partial charge on any atom is 0.300 e. The highest BCUT2D eigenvalue weighted by atomic mass is 32.1. The van der Waals surface area contributed by atoms with Crippen LogP contribution in [0.5, 0.6) is 5.75 Å². The summed E-state index contributed by atoms with van der Waals surface area (Å²) < 4.78 is 36.1. The number of alkyl halides is 2. The number of benzene rings is 1. The summed E-state index contributed by atoms with van der Waals surface area (Å²) in [5.74, 6) is -3.73. The van der Waals surface area contributed by atoms with E-state index in [-0.39, 0.29) is 35.3 Å². The van der Waals surface area contributed by atoms with E-state index < -0.39 is 34.9 Å². The van der Waals surface area contributed by atoms with Gasteiger partial charge in [0.2, 0.25) is 5.75 Å². The number of anilines is 2. The monoisotopic (exact) mass is 555 g/mol. The number of fused-ring (bicyclic) bond motifs is 1. The van der Waals surface area contributed by atoms with Crippen molar-refractivity contribution < 1.29 is 23.4 Å². The van der Waals surface area contributed by atoms with Crippen LogP contribution in [0.2, 0.25) is 0 Å². The Hall–Kier alpha value is -3.95. The largest absolute Gasteiger partial charge is 0.484 e. The van der Waals surface area contributed by atoms with Crippen LogP contribution in [-0.2, 0) is 17.1 Å². The predicted octanol–water partition coefficient (Wildman–Crippen LogP) is 3.92. The van der Waals surface area contributed by atoms with E-state index in [0.29, 0.717) is 23.4 Å². The number of aliphatic hydroxyl groups excluding tert-OH is 1. The smallest absolute Gasteiger partial charge is 0.300 e. The van der Waals surface area contributed by atoms with E-state index in [2.05, 4.69) is 4.98 Å². The van der Waals surface area contributed by atoms with Crippen molar-refractivity contribution in [1.82, 2.24) is 9.38 Å². The number of hydrogen-bond donors (Lipinski definition) is 1. The first-order valence-corrected chi connectivity index (χ1v) is 12.7. The van der Waals surface area contributed by atoms with Crippen LogP contribution in [0, 0.1) is 11.3 Å². The van der Waals surface area contributed by atoms with E-state index in [1.165, 1.54) is 34.6 Å². The Balaban J connectivity index is 1.83. The molecule has 4 rings (SSSR count). The van der Waals surface area contributed by atoms with Crippen LogP contribution in [0.25, 0.3) is 5.65 Å². The van der Waals surface area contributed by atoms with Crippen LogP contribution < -0.4 is 20.1 Å². The second-order valence-corrected chi connectivity index (χ2v) is 9.82. The molecule has 1 fully saturated rings.